The molecule has 112 valence electrons. The van der Waals surface area contributed by atoms with Crippen molar-refractivity contribution in [1.29, 1.82) is 0 Å². The van der Waals surface area contributed by atoms with Crippen molar-refractivity contribution < 1.29 is 17.9 Å². The Morgan fingerprint density at radius 3 is 2.33 bits per heavy atom. The molecule has 0 amide bonds. The smallest absolute Gasteiger partial charge is 0.133 e. The predicted molar refractivity (Wildman–Crippen MR) is 77.6 cm³/mol. The van der Waals surface area contributed by atoms with Crippen LogP contribution in [0.4, 0.5) is 13.2 Å². The van der Waals surface area contributed by atoms with Crippen LogP contribution in [0.3, 0.4) is 0 Å². The summed E-state index contributed by atoms with van der Waals surface area (Å²) >= 11 is 3.32. The van der Waals surface area contributed by atoms with Gasteiger partial charge in [0.1, 0.15) is 23.2 Å². The lowest BCUT2D eigenvalue weighted by Crippen LogP contribution is -2.17. The van der Waals surface area contributed by atoms with Gasteiger partial charge in [0.25, 0.3) is 0 Å². The second-order valence-electron chi connectivity index (χ2n) is 4.55. The van der Waals surface area contributed by atoms with Crippen molar-refractivity contribution in [2.45, 2.75) is 12.5 Å². The lowest BCUT2D eigenvalue weighted by Gasteiger charge is -2.16. The van der Waals surface area contributed by atoms with Gasteiger partial charge in [0.05, 0.1) is 7.11 Å². The van der Waals surface area contributed by atoms with E-state index in [0.29, 0.717) is 23.4 Å². The van der Waals surface area contributed by atoms with Gasteiger partial charge < -0.3 is 10.5 Å². The van der Waals surface area contributed by atoms with Crippen LogP contribution < -0.4 is 10.5 Å². The van der Waals surface area contributed by atoms with Crippen molar-refractivity contribution in [3.8, 4) is 5.75 Å². The van der Waals surface area contributed by atoms with E-state index in [2.05, 4.69) is 15.9 Å². The van der Waals surface area contributed by atoms with E-state index in [1.165, 1.54) is 7.11 Å². The summed E-state index contributed by atoms with van der Waals surface area (Å²) in [7, 11) is 1.50. The Bertz CT molecular complexity index is 640. The van der Waals surface area contributed by atoms with Crippen LogP contribution in [0.25, 0.3) is 0 Å². The van der Waals surface area contributed by atoms with Gasteiger partial charge >= 0.3 is 0 Å². The Morgan fingerprint density at radius 1 is 1.14 bits per heavy atom. The summed E-state index contributed by atoms with van der Waals surface area (Å²) in [5.41, 5.74) is 6.24. The first-order chi connectivity index (χ1) is 9.92. The van der Waals surface area contributed by atoms with E-state index >= 15 is 0 Å². The van der Waals surface area contributed by atoms with Gasteiger partial charge in [-0.2, -0.15) is 0 Å². The zero-order valence-electron chi connectivity index (χ0n) is 11.2. The molecular formula is C15H13BrF3NO. The zero-order valence-corrected chi connectivity index (χ0v) is 12.8. The number of hydrogen-bond acceptors (Lipinski definition) is 2. The summed E-state index contributed by atoms with van der Waals surface area (Å²) in [5.74, 6) is -2.39. The van der Waals surface area contributed by atoms with Gasteiger partial charge in [-0.05, 0) is 30.2 Å². The maximum Gasteiger partial charge on any atom is 0.133 e. The fraction of sp³-hybridized carbons (Fsp3) is 0.200. The summed E-state index contributed by atoms with van der Waals surface area (Å²) in [5, 5.41) is 0. The summed E-state index contributed by atoms with van der Waals surface area (Å²) in [6, 6.07) is 5.56. The summed E-state index contributed by atoms with van der Waals surface area (Å²) < 4.78 is 46.4. The van der Waals surface area contributed by atoms with Crippen LogP contribution in [0.1, 0.15) is 17.2 Å². The molecule has 2 N–H and O–H groups in total. The second kappa shape index (κ2) is 6.49. The molecule has 0 aromatic heterocycles. The maximum absolute atomic E-state index is 13.7. The predicted octanol–water partition coefficient (Wildman–Crippen LogP) is 4.12. The van der Waals surface area contributed by atoms with E-state index in [1.54, 1.807) is 18.2 Å². The molecule has 1 atom stereocenters. The van der Waals surface area contributed by atoms with Crippen LogP contribution in [-0.4, -0.2) is 7.11 Å². The molecule has 0 fully saturated rings. The van der Waals surface area contributed by atoms with Gasteiger partial charge in [-0.1, -0.05) is 15.9 Å². The average Bonchev–Trinajstić information content (AvgIpc) is 2.37. The van der Waals surface area contributed by atoms with Crippen LogP contribution >= 0.6 is 15.9 Å². The number of halogens is 4. The molecule has 0 spiro atoms. The van der Waals surface area contributed by atoms with Crippen molar-refractivity contribution in [2.75, 3.05) is 7.11 Å². The molecule has 6 heteroatoms. The van der Waals surface area contributed by atoms with Crippen molar-refractivity contribution >= 4 is 15.9 Å². The highest BCUT2D eigenvalue weighted by Gasteiger charge is 2.20. The molecule has 0 aliphatic rings. The molecule has 2 nitrogen and oxygen atoms in total. The third kappa shape index (κ3) is 3.57. The number of nitrogens with two attached hydrogens (primary N) is 1. The van der Waals surface area contributed by atoms with Crippen LogP contribution in [0.2, 0.25) is 0 Å². The highest BCUT2D eigenvalue weighted by Crippen LogP contribution is 2.29. The first kappa shape index (κ1) is 15.9. The highest BCUT2D eigenvalue weighted by molar-refractivity contribution is 9.10. The molecule has 0 radical (unpaired) electrons. The highest BCUT2D eigenvalue weighted by atomic mass is 79.9. The molecule has 0 aliphatic carbocycles. The average molecular weight is 360 g/mol. The number of hydrogen-bond donors (Lipinski definition) is 1. The van der Waals surface area contributed by atoms with Crippen molar-refractivity contribution in [1.82, 2.24) is 0 Å². The van der Waals surface area contributed by atoms with E-state index in [9.17, 15) is 13.2 Å². The Hall–Kier alpha value is -1.53. The first-order valence-corrected chi connectivity index (χ1v) is 6.94. The molecule has 1 unspecified atom stereocenters. The number of methoxy groups -OCH3 is 1. The van der Waals surface area contributed by atoms with Gasteiger partial charge in [0.15, 0.2) is 0 Å². The Labute approximate surface area is 128 Å². The Kier molecular flexibility index (Phi) is 4.90. The molecule has 2 rings (SSSR count). The maximum atomic E-state index is 13.7. The Balaban J connectivity index is 2.34. The van der Waals surface area contributed by atoms with Gasteiger partial charge in [0.2, 0.25) is 0 Å². The van der Waals surface area contributed by atoms with Gasteiger partial charge in [-0.3, -0.25) is 0 Å². The summed E-state index contributed by atoms with van der Waals surface area (Å²) in [6.45, 7) is 0. The largest absolute Gasteiger partial charge is 0.496 e. The monoisotopic (exact) mass is 359 g/mol. The SMILES string of the molecule is COc1ccc(Br)cc1CC(N)c1c(F)cc(F)cc1F. The van der Waals surface area contributed by atoms with E-state index in [1.807, 2.05) is 0 Å². The van der Waals surface area contributed by atoms with Crippen LogP contribution in [-0.2, 0) is 6.42 Å². The zero-order chi connectivity index (χ0) is 15.6. The quantitative estimate of drug-likeness (QED) is 0.891. The van der Waals surface area contributed by atoms with E-state index in [4.69, 9.17) is 10.5 Å². The molecule has 0 heterocycles. The number of benzene rings is 2. The molecule has 0 saturated heterocycles. The molecule has 0 bridgehead atoms. The number of rotatable bonds is 4. The summed E-state index contributed by atoms with van der Waals surface area (Å²) in [6.07, 6.45) is 0.155. The lowest BCUT2D eigenvalue weighted by molar-refractivity contribution is 0.407. The fourth-order valence-corrected chi connectivity index (χ4v) is 2.56. The molecule has 0 aliphatic heterocycles. The summed E-state index contributed by atoms with van der Waals surface area (Å²) in [4.78, 5) is 0. The molecule has 21 heavy (non-hydrogen) atoms. The van der Waals surface area contributed by atoms with Gasteiger partial charge in [0, 0.05) is 28.2 Å². The third-order valence-corrected chi connectivity index (χ3v) is 3.59. The van der Waals surface area contributed by atoms with E-state index < -0.39 is 23.5 Å². The molecule has 0 saturated carbocycles. The van der Waals surface area contributed by atoms with E-state index in [-0.39, 0.29) is 12.0 Å². The second-order valence-corrected chi connectivity index (χ2v) is 5.47. The lowest BCUT2D eigenvalue weighted by atomic mass is 9.98. The molecule has 2 aromatic rings. The van der Waals surface area contributed by atoms with Crippen molar-refractivity contribution in [2.24, 2.45) is 5.73 Å². The first-order valence-electron chi connectivity index (χ1n) is 6.14. The minimum Gasteiger partial charge on any atom is -0.496 e. The normalized spacial score (nSPS) is 12.3. The van der Waals surface area contributed by atoms with Crippen LogP contribution in [0.5, 0.6) is 5.75 Å². The minimum absolute atomic E-state index is 0.155. The number of ether oxygens (including phenoxy) is 1. The molecule has 2 aromatic carbocycles. The third-order valence-electron chi connectivity index (χ3n) is 3.10. The molecular weight excluding hydrogens is 347 g/mol. The Morgan fingerprint density at radius 2 is 1.76 bits per heavy atom. The topological polar surface area (TPSA) is 35.2 Å². The minimum atomic E-state index is -0.992. The van der Waals surface area contributed by atoms with Gasteiger partial charge in [-0.25, -0.2) is 13.2 Å². The van der Waals surface area contributed by atoms with Crippen molar-refractivity contribution in [3.05, 3.63) is 63.4 Å². The van der Waals surface area contributed by atoms with E-state index in [0.717, 1.165) is 4.47 Å². The van der Waals surface area contributed by atoms with Gasteiger partial charge in [-0.15, -0.1) is 0 Å². The van der Waals surface area contributed by atoms with Crippen LogP contribution in [0, 0.1) is 17.5 Å². The fourth-order valence-electron chi connectivity index (χ4n) is 2.15. The van der Waals surface area contributed by atoms with Crippen molar-refractivity contribution in [3.63, 3.8) is 0 Å². The van der Waals surface area contributed by atoms with Crippen LogP contribution in [0.15, 0.2) is 34.8 Å². The standard InChI is InChI=1S/C15H13BrF3NO/c1-21-14-3-2-9(16)4-8(14)5-13(20)15-11(18)6-10(17)7-12(15)19/h2-4,6-7,13H,5,20H2,1H3.